The van der Waals surface area contributed by atoms with Crippen molar-refractivity contribution in [1.82, 2.24) is 0 Å². The minimum absolute atomic E-state index is 0.107. The number of hydrogen-bond donors (Lipinski definition) is 2. The van der Waals surface area contributed by atoms with E-state index in [0.29, 0.717) is 12.1 Å². The van der Waals surface area contributed by atoms with Crippen molar-refractivity contribution in [1.29, 1.82) is 0 Å². The van der Waals surface area contributed by atoms with Crippen LogP contribution in [0, 0.1) is 12.7 Å². The maximum absolute atomic E-state index is 13.3. The quantitative estimate of drug-likeness (QED) is 0.906. The maximum Gasteiger partial charge on any atom is 0.248 e. The van der Waals surface area contributed by atoms with Gasteiger partial charge in [0.2, 0.25) is 5.91 Å². The molecule has 0 spiro atoms. The normalized spacial score (nSPS) is 10.3. The van der Waals surface area contributed by atoms with Crippen molar-refractivity contribution in [3.8, 4) is 0 Å². The topological polar surface area (TPSA) is 55.1 Å². The second-order valence-electron chi connectivity index (χ2n) is 4.50. The standard InChI is InChI=1S/C15H14ClFN2O/c1-9-6-11(15(18)20)3-5-14(9)19-8-10-2-4-12(16)13(17)7-10/h2-7,19H,8H2,1H3,(H2,18,20). The van der Waals surface area contributed by atoms with E-state index < -0.39 is 11.7 Å². The van der Waals surface area contributed by atoms with Crippen molar-refractivity contribution in [3.05, 3.63) is 63.9 Å². The summed E-state index contributed by atoms with van der Waals surface area (Å²) >= 11 is 5.63. The molecule has 1 amide bonds. The van der Waals surface area contributed by atoms with E-state index in [4.69, 9.17) is 17.3 Å². The fraction of sp³-hybridized carbons (Fsp3) is 0.133. The van der Waals surface area contributed by atoms with Crippen LogP contribution >= 0.6 is 11.6 Å². The number of anilines is 1. The molecule has 2 aromatic carbocycles. The Hall–Kier alpha value is -2.07. The van der Waals surface area contributed by atoms with Crippen LogP contribution in [0.3, 0.4) is 0 Å². The molecule has 0 aliphatic heterocycles. The zero-order chi connectivity index (χ0) is 14.7. The second-order valence-corrected chi connectivity index (χ2v) is 4.90. The minimum Gasteiger partial charge on any atom is -0.381 e. The second kappa shape index (κ2) is 5.92. The van der Waals surface area contributed by atoms with Crippen molar-refractivity contribution in [3.63, 3.8) is 0 Å². The van der Waals surface area contributed by atoms with Gasteiger partial charge in [-0.15, -0.1) is 0 Å². The lowest BCUT2D eigenvalue weighted by Gasteiger charge is -2.11. The van der Waals surface area contributed by atoms with E-state index in [0.717, 1.165) is 16.8 Å². The van der Waals surface area contributed by atoms with Crippen molar-refractivity contribution < 1.29 is 9.18 Å². The third-order valence-corrected chi connectivity index (χ3v) is 3.28. The van der Waals surface area contributed by atoms with Gasteiger partial charge in [-0.25, -0.2) is 4.39 Å². The van der Waals surface area contributed by atoms with E-state index in [1.165, 1.54) is 12.1 Å². The first-order valence-corrected chi connectivity index (χ1v) is 6.43. The van der Waals surface area contributed by atoms with E-state index in [2.05, 4.69) is 5.32 Å². The highest BCUT2D eigenvalue weighted by atomic mass is 35.5. The average molecular weight is 293 g/mol. The summed E-state index contributed by atoms with van der Waals surface area (Å²) in [5.41, 5.74) is 8.23. The van der Waals surface area contributed by atoms with Gasteiger partial charge in [0.05, 0.1) is 5.02 Å². The molecule has 0 aliphatic carbocycles. The predicted molar refractivity (Wildman–Crippen MR) is 78.4 cm³/mol. The van der Waals surface area contributed by atoms with Gasteiger partial charge in [-0.3, -0.25) is 4.79 Å². The first-order valence-electron chi connectivity index (χ1n) is 6.05. The number of benzene rings is 2. The Morgan fingerprint density at radius 2 is 2.05 bits per heavy atom. The molecule has 0 radical (unpaired) electrons. The molecule has 0 atom stereocenters. The van der Waals surface area contributed by atoms with Gasteiger partial charge in [0.25, 0.3) is 0 Å². The maximum atomic E-state index is 13.3. The number of primary amides is 1. The molecule has 104 valence electrons. The van der Waals surface area contributed by atoms with Crippen LogP contribution in [0.25, 0.3) is 0 Å². The van der Waals surface area contributed by atoms with Gasteiger partial charge < -0.3 is 11.1 Å². The third-order valence-electron chi connectivity index (χ3n) is 2.98. The molecule has 2 rings (SSSR count). The predicted octanol–water partition coefficient (Wildman–Crippen LogP) is 3.50. The zero-order valence-corrected chi connectivity index (χ0v) is 11.7. The van der Waals surface area contributed by atoms with Crippen LogP contribution in [-0.4, -0.2) is 5.91 Å². The molecule has 0 saturated carbocycles. The molecule has 3 N–H and O–H groups in total. The Labute approximate surface area is 121 Å². The summed E-state index contributed by atoms with van der Waals surface area (Å²) in [4.78, 5) is 11.1. The molecular formula is C15H14ClFN2O. The van der Waals surface area contributed by atoms with Gasteiger partial charge in [-0.2, -0.15) is 0 Å². The minimum atomic E-state index is -0.459. The molecule has 2 aromatic rings. The smallest absolute Gasteiger partial charge is 0.248 e. The summed E-state index contributed by atoms with van der Waals surface area (Å²) in [5.74, 6) is -0.897. The highest BCUT2D eigenvalue weighted by Gasteiger charge is 2.05. The molecule has 0 heterocycles. The largest absolute Gasteiger partial charge is 0.381 e. The molecule has 20 heavy (non-hydrogen) atoms. The van der Waals surface area contributed by atoms with Crippen LogP contribution in [0.5, 0.6) is 0 Å². The van der Waals surface area contributed by atoms with E-state index >= 15 is 0 Å². The number of nitrogens with one attached hydrogen (secondary N) is 1. The molecular weight excluding hydrogens is 279 g/mol. The molecule has 0 aromatic heterocycles. The molecule has 0 unspecified atom stereocenters. The van der Waals surface area contributed by atoms with Gasteiger partial charge in [-0.05, 0) is 48.4 Å². The summed E-state index contributed by atoms with van der Waals surface area (Å²) in [6, 6.07) is 9.82. The lowest BCUT2D eigenvalue weighted by molar-refractivity contribution is 0.1000. The van der Waals surface area contributed by atoms with Crippen molar-refractivity contribution in [2.45, 2.75) is 13.5 Å². The van der Waals surface area contributed by atoms with Gasteiger partial charge in [0, 0.05) is 17.8 Å². The Morgan fingerprint density at radius 3 is 2.65 bits per heavy atom. The van der Waals surface area contributed by atoms with E-state index in [9.17, 15) is 9.18 Å². The van der Waals surface area contributed by atoms with E-state index in [-0.39, 0.29) is 5.02 Å². The number of carbonyl (C=O) groups is 1. The number of carbonyl (C=O) groups excluding carboxylic acids is 1. The number of halogens is 2. The summed E-state index contributed by atoms with van der Waals surface area (Å²) in [6.45, 7) is 2.34. The highest BCUT2D eigenvalue weighted by molar-refractivity contribution is 6.30. The Morgan fingerprint density at radius 1 is 1.30 bits per heavy atom. The number of amides is 1. The van der Waals surface area contributed by atoms with Crippen LogP contribution in [0.4, 0.5) is 10.1 Å². The van der Waals surface area contributed by atoms with E-state index in [1.54, 1.807) is 24.3 Å². The number of aryl methyl sites for hydroxylation is 1. The number of nitrogens with two attached hydrogens (primary N) is 1. The lowest BCUT2D eigenvalue weighted by Crippen LogP contribution is -2.11. The fourth-order valence-corrected chi connectivity index (χ4v) is 1.98. The van der Waals surface area contributed by atoms with Crippen molar-refractivity contribution in [2.75, 3.05) is 5.32 Å². The molecule has 0 aliphatic rings. The highest BCUT2D eigenvalue weighted by Crippen LogP contribution is 2.19. The lowest BCUT2D eigenvalue weighted by atomic mass is 10.1. The average Bonchev–Trinajstić information content (AvgIpc) is 2.41. The molecule has 0 saturated heterocycles. The van der Waals surface area contributed by atoms with Gasteiger partial charge in [-0.1, -0.05) is 17.7 Å². The zero-order valence-electron chi connectivity index (χ0n) is 10.9. The van der Waals surface area contributed by atoms with Crippen LogP contribution in [0.15, 0.2) is 36.4 Å². The first kappa shape index (κ1) is 14.3. The van der Waals surface area contributed by atoms with Crippen LogP contribution in [0.1, 0.15) is 21.5 Å². The SMILES string of the molecule is Cc1cc(C(N)=O)ccc1NCc1ccc(Cl)c(F)c1. The van der Waals surface area contributed by atoms with Crippen LogP contribution < -0.4 is 11.1 Å². The fourth-order valence-electron chi connectivity index (χ4n) is 1.86. The van der Waals surface area contributed by atoms with Crippen molar-refractivity contribution in [2.24, 2.45) is 5.73 Å². The molecule has 3 nitrogen and oxygen atoms in total. The van der Waals surface area contributed by atoms with E-state index in [1.807, 2.05) is 6.92 Å². The molecule has 0 fully saturated rings. The van der Waals surface area contributed by atoms with Crippen molar-refractivity contribution >= 4 is 23.2 Å². The molecule has 5 heteroatoms. The third kappa shape index (κ3) is 3.27. The Kier molecular flexibility index (Phi) is 4.25. The number of hydrogen-bond acceptors (Lipinski definition) is 2. The molecule has 0 bridgehead atoms. The number of rotatable bonds is 4. The first-order chi connectivity index (χ1) is 9.47. The van der Waals surface area contributed by atoms with Gasteiger partial charge >= 0.3 is 0 Å². The van der Waals surface area contributed by atoms with Gasteiger partial charge in [0.15, 0.2) is 0 Å². The summed E-state index contributed by atoms with van der Waals surface area (Å²) < 4.78 is 13.3. The Bertz CT molecular complexity index is 658. The summed E-state index contributed by atoms with van der Waals surface area (Å²) in [7, 11) is 0. The monoisotopic (exact) mass is 292 g/mol. The summed E-state index contributed by atoms with van der Waals surface area (Å²) in [5, 5.41) is 3.29. The van der Waals surface area contributed by atoms with Crippen LogP contribution in [0.2, 0.25) is 5.02 Å². The van der Waals surface area contributed by atoms with Crippen LogP contribution in [-0.2, 0) is 6.54 Å². The summed E-state index contributed by atoms with van der Waals surface area (Å²) in [6.07, 6.45) is 0. The Balaban J connectivity index is 2.10. The van der Waals surface area contributed by atoms with Gasteiger partial charge in [0.1, 0.15) is 5.82 Å².